The Morgan fingerprint density at radius 2 is 0.966 bits per heavy atom. The summed E-state index contributed by atoms with van der Waals surface area (Å²) in [6.45, 7) is 7.74. The number of methoxy groups -OCH3 is 1. The topological polar surface area (TPSA) is 63.6 Å². The molecule has 0 aliphatic carbocycles. The van der Waals surface area contributed by atoms with Crippen molar-refractivity contribution in [1.82, 2.24) is 0 Å². The molecule has 0 aromatic carbocycles. The summed E-state index contributed by atoms with van der Waals surface area (Å²) < 4.78 is 4.54. The van der Waals surface area contributed by atoms with Crippen molar-refractivity contribution in [1.29, 1.82) is 0 Å². The minimum Gasteiger partial charge on any atom is -0.478 e. The summed E-state index contributed by atoms with van der Waals surface area (Å²) in [4.78, 5) is 21.5. The largest absolute Gasteiger partial charge is 0.478 e. The van der Waals surface area contributed by atoms with Crippen LogP contribution in [0.15, 0.2) is 107 Å². The smallest absolute Gasteiger partial charge is 0.330 e. The molecule has 0 amide bonds. The summed E-state index contributed by atoms with van der Waals surface area (Å²) in [6.07, 6.45) is 25.2. The van der Waals surface area contributed by atoms with Gasteiger partial charge < -0.3 is 9.84 Å². The van der Waals surface area contributed by atoms with Gasteiger partial charge >= 0.3 is 11.9 Å². The summed E-state index contributed by atoms with van der Waals surface area (Å²) in [5.41, 5.74) is 3.98. The number of rotatable bonds is 10. The molecule has 0 saturated heterocycles. The molecule has 0 saturated carbocycles. The fourth-order valence-corrected chi connectivity index (χ4v) is 1.81. The number of esters is 1. The van der Waals surface area contributed by atoms with Crippen molar-refractivity contribution >= 4 is 11.9 Å². The van der Waals surface area contributed by atoms with Crippen molar-refractivity contribution in [3.8, 4) is 0 Å². The van der Waals surface area contributed by atoms with Gasteiger partial charge in [0.05, 0.1) is 7.11 Å². The second kappa shape index (κ2) is 15.6. The second-order valence-electron chi connectivity index (χ2n) is 6.27. The molecule has 154 valence electrons. The lowest BCUT2D eigenvalue weighted by molar-refractivity contribution is -0.135. The second-order valence-corrected chi connectivity index (χ2v) is 6.27. The lowest BCUT2D eigenvalue weighted by atomic mass is 10.2. The highest BCUT2D eigenvalue weighted by molar-refractivity contribution is 5.82. The number of hydrogen-bond acceptors (Lipinski definition) is 3. The van der Waals surface area contributed by atoms with Crippen molar-refractivity contribution in [2.45, 2.75) is 27.7 Å². The van der Waals surface area contributed by atoms with E-state index in [1.54, 1.807) is 12.2 Å². The molecule has 0 bridgehead atoms. The van der Waals surface area contributed by atoms with E-state index in [-0.39, 0.29) is 5.97 Å². The van der Waals surface area contributed by atoms with Crippen LogP contribution in [0, 0.1) is 0 Å². The minimum atomic E-state index is -0.956. The maximum Gasteiger partial charge on any atom is 0.330 e. The molecule has 0 unspecified atom stereocenters. The highest BCUT2D eigenvalue weighted by Gasteiger charge is 1.89. The highest BCUT2D eigenvalue weighted by atomic mass is 16.5. The van der Waals surface area contributed by atoms with Gasteiger partial charge in [-0.2, -0.15) is 0 Å². The average molecular weight is 395 g/mol. The van der Waals surface area contributed by atoms with Crippen LogP contribution in [0.1, 0.15) is 27.7 Å². The first kappa shape index (κ1) is 25.6. The Hall–Kier alpha value is -3.40. The molecule has 0 atom stereocenters. The van der Waals surface area contributed by atoms with Crippen LogP contribution in [0.2, 0.25) is 0 Å². The third-order valence-corrected chi connectivity index (χ3v) is 3.44. The number of allylic oxidation sites excluding steroid dienone is 16. The first-order valence-corrected chi connectivity index (χ1v) is 9.13. The molecule has 1 N–H and O–H groups in total. The maximum atomic E-state index is 11.0. The number of carboxylic acids is 1. The molecule has 29 heavy (non-hydrogen) atoms. The monoisotopic (exact) mass is 394 g/mol. The number of carbonyl (C=O) groups is 2. The Bertz CT molecular complexity index is 823. The summed E-state index contributed by atoms with van der Waals surface area (Å²) in [5.74, 6) is -1.33. The minimum absolute atomic E-state index is 0.373. The maximum absolute atomic E-state index is 11.0. The zero-order valence-electron chi connectivity index (χ0n) is 17.8. The molecular formula is C25H30O4. The molecule has 4 nitrogen and oxygen atoms in total. The van der Waals surface area contributed by atoms with E-state index in [2.05, 4.69) is 4.74 Å². The number of ether oxygens (including phenoxy) is 1. The Labute approximate surface area is 174 Å². The molecule has 0 spiro atoms. The van der Waals surface area contributed by atoms with Gasteiger partial charge in [-0.1, -0.05) is 95.2 Å². The van der Waals surface area contributed by atoms with E-state index in [1.807, 2.05) is 88.5 Å². The normalized spacial score (nSPS) is 14.9. The van der Waals surface area contributed by atoms with Gasteiger partial charge in [-0.15, -0.1) is 0 Å². The van der Waals surface area contributed by atoms with E-state index in [0.29, 0.717) is 0 Å². The zero-order chi connectivity index (χ0) is 22.1. The summed E-state index contributed by atoms with van der Waals surface area (Å²) in [5, 5.41) is 8.58. The molecule has 0 fully saturated rings. The van der Waals surface area contributed by atoms with E-state index in [4.69, 9.17) is 5.11 Å². The van der Waals surface area contributed by atoms with Crippen LogP contribution in [0.4, 0.5) is 0 Å². The van der Waals surface area contributed by atoms with Crippen molar-refractivity contribution in [2.24, 2.45) is 0 Å². The predicted octanol–water partition coefficient (Wildman–Crippen LogP) is 5.81. The number of hydrogen-bond donors (Lipinski definition) is 1. The highest BCUT2D eigenvalue weighted by Crippen LogP contribution is 2.02. The first-order valence-electron chi connectivity index (χ1n) is 9.13. The Kier molecular flexibility index (Phi) is 13.8. The van der Waals surface area contributed by atoms with Gasteiger partial charge in [-0.05, 0) is 27.7 Å². The van der Waals surface area contributed by atoms with Gasteiger partial charge in [-0.25, -0.2) is 9.59 Å². The fraction of sp³-hybridized carbons (Fsp3) is 0.200. The van der Waals surface area contributed by atoms with Crippen LogP contribution in [-0.4, -0.2) is 24.2 Å². The van der Waals surface area contributed by atoms with Gasteiger partial charge in [0.2, 0.25) is 0 Å². The molecule has 4 heteroatoms. The van der Waals surface area contributed by atoms with Crippen molar-refractivity contribution in [2.75, 3.05) is 7.11 Å². The fourth-order valence-electron chi connectivity index (χ4n) is 1.81. The molecule has 0 rings (SSSR count). The zero-order valence-corrected chi connectivity index (χ0v) is 17.8. The Balaban J connectivity index is 4.67. The first-order chi connectivity index (χ1) is 13.7. The summed E-state index contributed by atoms with van der Waals surface area (Å²) in [6, 6.07) is 0. The molecule has 0 aliphatic heterocycles. The lowest BCUT2D eigenvalue weighted by Gasteiger charge is -1.91. The van der Waals surface area contributed by atoms with E-state index in [9.17, 15) is 9.59 Å². The average Bonchev–Trinajstić information content (AvgIpc) is 2.67. The van der Waals surface area contributed by atoms with Gasteiger partial charge in [0.25, 0.3) is 0 Å². The van der Waals surface area contributed by atoms with E-state index < -0.39 is 5.97 Å². The van der Waals surface area contributed by atoms with Crippen LogP contribution >= 0.6 is 0 Å². The Morgan fingerprint density at radius 1 is 0.586 bits per heavy atom. The molecule has 0 aromatic heterocycles. The van der Waals surface area contributed by atoms with Crippen molar-refractivity contribution in [3.05, 3.63) is 107 Å². The van der Waals surface area contributed by atoms with Gasteiger partial charge in [0, 0.05) is 12.2 Å². The summed E-state index contributed by atoms with van der Waals surface area (Å²) in [7, 11) is 1.35. The molecular weight excluding hydrogens is 364 g/mol. The van der Waals surface area contributed by atoms with Gasteiger partial charge in [-0.3, -0.25) is 0 Å². The number of aliphatic carboxylic acids is 1. The number of carbonyl (C=O) groups excluding carboxylic acids is 1. The quantitative estimate of drug-likeness (QED) is 0.288. The molecule has 0 aromatic rings. The molecule has 0 heterocycles. The predicted molar refractivity (Wildman–Crippen MR) is 120 cm³/mol. The SMILES string of the molecule is COC(=O)/C=C/C(C)=C/C=C/C(C)=C\C=C\C=C(C)\C=C\C=C(C)\C=C\C(=O)O. The third kappa shape index (κ3) is 16.5. The molecule has 0 aliphatic rings. The Morgan fingerprint density at radius 3 is 1.38 bits per heavy atom. The third-order valence-electron chi connectivity index (χ3n) is 3.44. The van der Waals surface area contributed by atoms with Crippen molar-refractivity contribution in [3.63, 3.8) is 0 Å². The van der Waals surface area contributed by atoms with Crippen LogP contribution in [0.3, 0.4) is 0 Å². The van der Waals surface area contributed by atoms with E-state index in [1.165, 1.54) is 13.2 Å². The van der Waals surface area contributed by atoms with Crippen LogP contribution in [-0.2, 0) is 14.3 Å². The standard InChI is InChI=1S/C25H30O4/c1-20(12-8-14-22(3)16-18-24(26)27)10-6-7-11-21(2)13-9-15-23(4)17-19-25(28)29-5/h6-19H,1-5H3,(H,26,27)/b7-6+,12-8+,13-9+,18-16+,19-17+,20-10+,21-11-,22-14+,23-15+. The van der Waals surface area contributed by atoms with Crippen LogP contribution < -0.4 is 0 Å². The van der Waals surface area contributed by atoms with E-state index >= 15 is 0 Å². The van der Waals surface area contributed by atoms with E-state index in [0.717, 1.165) is 28.4 Å². The molecule has 0 radical (unpaired) electrons. The lowest BCUT2D eigenvalue weighted by Crippen LogP contribution is -1.93. The van der Waals surface area contributed by atoms with Crippen molar-refractivity contribution < 1.29 is 19.4 Å². The van der Waals surface area contributed by atoms with Gasteiger partial charge in [0.15, 0.2) is 0 Å². The van der Waals surface area contributed by atoms with Gasteiger partial charge in [0.1, 0.15) is 0 Å². The summed E-state index contributed by atoms with van der Waals surface area (Å²) >= 11 is 0. The number of carboxylic acid groups (broad SMARTS) is 1. The van der Waals surface area contributed by atoms with Crippen LogP contribution in [0.5, 0.6) is 0 Å². The van der Waals surface area contributed by atoms with Crippen LogP contribution in [0.25, 0.3) is 0 Å².